The van der Waals surface area contributed by atoms with Crippen LogP contribution in [0.15, 0.2) is 28.8 Å². The van der Waals surface area contributed by atoms with Gasteiger partial charge >= 0.3 is 0 Å². The van der Waals surface area contributed by atoms with Crippen molar-refractivity contribution in [2.24, 2.45) is 0 Å². The normalized spacial score (nSPS) is 14.3. The number of carbonyl (C=O) groups excluding carboxylic acids is 1. The van der Waals surface area contributed by atoms with Crippen LogP contribution in [0.3, 0.4) is 0 Å². The van der Waals surface area contributed by atoms with Crippen LogP contribution in [0.25, 0.3) is 11.0 Å². The Hall–Kier alpha value is -2.63. The van der Waals surface area contributed by atoms with Gasteiger partial charge in [-0.1, -0.05) is 11.2 Å². The molecular weight excluding hydrogens is 292 g/mol. The molecule has 1 aliphatic carbocycles. The number of benzene rings is 1. The van der Waals surface area contributed by atoms with E-state index in [2.05, 4.69) is 20.4 Å². The third-order valence-corrected chi connectivity index (χ3v) is 4.05. The molecule has 0 bridgehead atoms. The van der Waals surface area contributed by atoms with Crippen LogP contribution >= 0.6 is 0 Å². The minimum Gasteiger partial charge on any atom is -0.361 e. The number of aryl methyl sites for hydroxylation is 1. The largest absolute Gasteiger partial charge is 0.361 e. The van der Waals surface area contributed by atoms with E-state index in [0.29, 0.717) is 18.9 Å². The Morgan fingerprint density at radius 2 is 2.26 bits per heavy atom. The van der Waals surface area contributed by atoms with E-state index in [1.54, 1.807) is 0 Å². The number of H-pyrrole nitrogens is 1. The van der Waals surface area contributed by atoms with E-state index in [-0.39, 0.29) is 5.91 Å². The molecule has 23 heavy (non-hydrogen) atoms. The summed E-state index contributed by atoms with van der Waals surface area (Å²) in [6.45, 7) is 2.32. The average molecular weight is 310 g/mol. The van der Waals surface area contributed by atoms with Gasteiger partial charge in [0.2, 0.25) is 5.91 Å². The number of nitrogens with zero attached hydrogens (tertiary/aromatic N) is 2. The molecule has 118 valence electrons. The summed E-state index contributed by atoms with van der Waals surface area (Å²) >= 11 is 0. The zero-order valence-corrected chi connectivity index (χ0v) is 12.9. The summed E-state index contributed by atoms with van der Waals surface area (Å²) in [5.74, 6) is 2.32. The Morgan fingerprint density at radius 3 is 3.09 bits per heavy atom. The van der Waals surface area contributed by atoms with E-state index in [4.69, 9.17) is 4.52 Å². The summed E-state index contributed by atoms with van der Waals surface area (Å²) < 4.78 is 5.28. The molecule has 0 saturated heterocycles. The van der Waals surface area contributed by atoms with Gasteiger partial charge in [-0.05, 0) is 37.5 Å². The number of imidazole rings is 1. The van der Waals surface area contributed by atoms with Crippen molar-refractivity contribution in [3.8, 4) is 0 Å². The number of carbonyl (C=O) groups is 1. The molecule has 0 unspecified atom stereocenters. The van der Waals surface area contributed by atoms with Crippen LogP contribution in [0.4, 0.5) is 0 Å². The number of aromatic amines is 1. The quantitative estimate of drug-likeness (QED) is 0.758. The maximum Gasteiger partial charge on any atom is 0.224 e. The summed E-state index contributed by atoms with van der Waals surface area (Å²) in [5.41, 5.74) is 3.61. The Morgan fingerprint density at radius 1 is 1.39 bits per heavy atom. The van der Waals surface area contributed by atoms with Crippen LogP contribution in [0.2, 0.25) is 0 Å². The summed E-state index contributed by atoms with van der Waals surface area (Å²) in [6, 6.07) is 7.78. The smallest absolute Gasteiger partial charge is 0.224 e. The van der Waals surface area contributed by atoms with Gasteiger partial charge in [0.15, 0.2) is 0 Å². The minimum absolute atomic E-state index is 0.0310. The van der Waals surface area contributed by atoms with Crippen molar-refractivity contribution >= 4 is 16.9 Å². The molecule has 1 aromatic carbocycles. The highest BCUT2D eigenvalue weighted by atomic mass is 16.5. The van der Waals surface area contributed by atoms with Gasteiger partial charge in [0.05, 0.1) is 24.0 Å². The van der Waals surface area contributed by atoms with Crippen molar-refractivity contribution in [1.29, 1.82) is 0 Å². The molecular formula is C17H18N4O2. The molecule has 0 radical (unpaired) electrons. The molecule has 2 aromatic heterocycles. The fourth-order valence-corrected chi connectivity index (χ4v) is 2.70. The maximum absolute atomic E-state index is 12.1. The van der Waals surface area contributed by atoms with Crippen LogP contribution in [0.5, 0.6) is 0 Å². The van der Waals surface area contributed by atoms with Crippen molar-refractivity contribution in [2.45, 2.75) is 38.6 Å². The second-order valence-electron chi connectivity index (χ2n) is 6.12. The number of hydrogen-bond donors (Lipinski definition) is 2. The maximum atomic E-state index is 12.1. The van der Waals surface area contributed by atoms with Crippen LogP contribution < -0.4 is 5.32 Å². The third kappa shape index (κ3) is 3.11. The molecule has 0 aliphatic heterocycles. The SMILES string of the molecule is Cc1nc2ccc(CC(=O)NCc3cc(C4CC4)on3)cc2[nH]1. The van der Waals surface area contributed by atoms with E-state index < -0.39 is 0 Å². The predicted octanol–water partition coefficient (Wildman–Crippen LogP) is 2.60. The van der Waals surface area contributed by atoms with E-state index in [0.717, 1.165) is 33.9 Å². The predicted molar refractivity (Wildman–Crippen MR) is 84.9 cm³/mol. The fourth-order valence-electron chi connectivity index (χ4n) is 2.70. The lowest BCUT2D eigenvalue weighted by atomic mass is 10.1. The molecule has 1 fully saturated rings. The van der Waals surface area contributed by atoms with Gasteiger partial charge in [0, 0.05) is 12.0 Å². The number of fused-ring (bicyclic) bond motifs is 1. The molecule has 4 rings (SSSR count). The van der Waals surface area contributed by atoms with Crippen molar-refractivity contribution < 1.29 is 9.32 Å². The Labute approximate surface area is 133 Å². The first-order valence-electron chi connectivity index (χ1n) is 7.85. The summed E-state index contributed by atoms with van der Waals surface area (Å²) in [6.07, 6.45) is 2.69. The molecule has 1 saturated carbocycles. The number of aromatic nitrogens is 3. The van der Waals surface area contributed by atoms with Crippen LogP contribution in [-0.2, 0) is 17.8 Å². The fraction of sp³-hybridized carbons (Fsp3) is 0.353. The number of hydrogen-bond acceptors (Lipinski definition) is 4. The second-order valence-corrected chi connectivity index (χ2v) is 6.12. The Kier molecular flexibility index (Phi) is 3.37. The highest BCUT2D eigenvalue weighted by molar-refractivity contribution is 5.81. The second kappa shape index (κ2) is 5.53. The van der Waals surface area contributed by atoms with Crippen LogP contribution in [0, 0.1) is 6.92 Å². The van der Waals surface area contributed by atoms with Crippen LogP contribution in [-0.4, -0.2) is 21.0 Å². The van der Waals surface area contributed by atoms with Gasteiger partial charge in [-0.3, -0.25) is 4.79 Å². The Bertz CT molecular complexity index is 860. The minimum atomic E-state index is -0.0310. The molecule has 1 amide bonds. The molecule has 2 heterocycles. The van der Waals surface area contributed by atoms with E-state index in [9.17, 15) is 4.79 Å². The number of rotatable bonds is 5. The number of nitrogens with one attached hydrogen (secondary N) is 2. The van der Waals surface area contributed by atoms with Crippen molar-refractivity contribution in [1.82, 2.24) is 20.4 Å². The molecule has 0 spiro atoms. The first kappa shape index (κ1) is 14.0. The first-order chi connectivity index (χ1) is 11.2. The Balaban J connectivity index is 1.36. The van der Waals surface area contributed by atoms with Gasteiger partial charge in [-0.15, -0.1) is 0 Å². The zero-order chi connectivity index (χ0) is 15.8. The first-order valence-corrected chi connectivity index (χ1v) is 7.85. The molecule has 1 aliphatic rings. The van der Waals surface area contributed by atoms with E-state index >= 15 is 0 Å². The lowest BCUT2D eigenvalue weighted by Crippen LogP contribution is -2.24. The van der Waals surface area contributed by atoms with Crippen molar-refractivity contribution in [3.05, 3.63) is 47.1 Å². The lowest BCUT2D eigenvalue weighted by molar-refractivity contribution is -0.120. The molecule has 0 atom stereocenters. The van der Waals surface area contributed by atoms with Gasteiger partial charge in [0.25, 0.3) is 0 Å². The van der Waals surface area contributed by atoms with Gasteiger partial charge < -0.3 is 14.8 Å². The summed E-state index contributed by atoms with van der Waals surface area (Å²) in [4.78, 5) is 19.6. The summed E-state index contributed by atoms with van der Waals surface area (Å²) in [7, 11) is 0. The molecule has 3 aromatic rings. The topological polar surface area (TPSA) is 83.8 Å². The van der Waals surface area contributed by atoms with Crippen molar-refractivity contribution in [3.63, 3.8) is 0 Å². The van der Waals surface area contributed by atoms with Gasteiger partial charge in [-0.25, -0.2) is 4.98 Å². The number of amides is 1. The van der Waals surface area contributed by atoms with E-state index in [1.807, 2.05) is 31.2 Å². The monoisotopic (exact) mass is 310 g/mol. The average Bonchev–Trinajstić information content (AvgIpc) is 3.14. The summed E-state index contributed by atoms with van der Waals surface area (Å²) in [5, 5.41) is 6.88. The molecule has 2 N–H and O–H groups in total. The van der Waals surface area contributed by atoms with Crippen molar-refractivity contribution in [2.75, 3.05) is 0 Å². The van der Waals surface area contributed by atoms with Crippen LogP contribution in [0.1, 0.15) is 41.6 Å². The van der Waals surface area contributed by atoms with Gasteiger partial charge in [-0.2, -0.15) is 0 Å². The standard InChI is InChI=1S/C17H18N4O2/c1-10-19-14-5-2-11(6-15(14)20-10)7-17(22)18-9-13-8-16(23-21-13)12-3-4-12/h2,5-6,8,12H,3-4,7,9H2,1H3,(H,18,22)(H,19,20). The molecule has 6 heteroatoms. The van der Waals surface area contributed by atoms with Gasteiger partial charge in [0.1, 0.15) is 17.3 Å². The lowest BCUT2D eigenvalue weighted by Gasteiger charge is -2.03. The zero-order valence-electron chi connectivity index (χ0n) is 12.9. The van der Waals surface area contributed by atoms with E-state index in [1.165, 1.54) is 12.8 Å². The molecule has 6 nitrogen and oxygen atoms in total. The highest BCUT2D eigenvalue weighted by Crippen LogP contribution is 2.40. The highest BCUT2D eigenvalue weighted by Gasteiger charge is 2.27. The third-order valence-electron chi connectivity index (χ3n) is 4.05.